The monoisotopic (exact) mass is 252 g/mol. The molecule has 1 aromatic carbocycles. The van der Waals surface area contributed by atoms with Gasteiger partial charge in [-0.05, 0) is 51.0 Å². The maximum absolute atomic E-state index is 6.30. The summed E-state index contributed by atoms with van der Waals surface area (Å²) < 4.78 is 0. The molecule has 1 aliphatic rings. The topological polar surface area (TPSA) is 15.3 Å². The second kappa shape index (κ2) is 5.85. The third-order valence-electron chi connectivity index (χ3n) is 3.68. The maximum atomic E-state index is 6.30. The molecule has 0 saturated carbocycles. The minimum atomic E-state index is 0.367. The molecule has 2 unspecified atom stereocenters. The van der Waals surface area contributed by atoms with Crippen LogP contribution in [0, 0.1) is 5.92 Å². The Morgan fingerprint density at radius 2 is 2.18 bits per heavy atom. The van der Waals surface area contributed by atoms with Crippen LogP contribution in [0.3, 0.4) is 0 Å². The highest BCUT2D eigenvalue weighted by atomic mass is 35.5. The first kappa shape index (κ1) is 12.9. The molecule has 2 atom stereocenters. The van der Waals surface area contributed by atoms with Crippen LogP contribution in [0.2, 0.25) is 5.02 Å². The van der Waals surface area contributed by atoms with Crippen molar-refractivity contribution in [2.75, 3.05) is 27.2 Å². The molecule has 1 saturated heterocycles. The van der Waals surface area contributed by atoms with E-state index in [-0.39, 0.29) is 0 Å². The molecule has 1 fully saturated rings. The van der Waals surface area contributed by atoms with Crippen LogP contribution in [0.5, 0.6) is 0 Å². The Hall–Kier alpha value is -0.570. The Kier molecular flexibility index (Phi) is 4.43. The molecule has 1 N–H and O–H groups in total. The average molecular weight is 253 g/mol. The number of nitrogens with one attached hydrogen (secondary N) is 1. The number of nitrogens with zero attached hydrogens (tertiary/aromatic N) is 1. The zero-order chi connectivity index (χ0) is 12.3. The van der Waals surface area contributed by atoms with Crippen molar-refractivity contribution in [1.29, 1.82) is 0 Å². The molecule has 3 heteroatoms. The van der Waals surface area contributed by atoms with Crippen molar-refractivity contribution >= 4 is 11.6 Å². The van der Waals surface area contributed by atoms with Gasteiger partial charge in [-0.1, -0.05) is 29.8 Å². The molecule has 2 nitrogen and oxygen atoms in total. The van der Waals surface area contributed by atoms with Gasteiger partial charge >= 0.3 is 0 Å². The predicted octanol–water partition coefficient (Wildman–Crippen LogP) is 2.94. The summed E-state index contributed by atoms with van der Waals surface area (Å²) in [4.78, 5) is 2.41. The molecular weight excluding hydrogens is 232 g/mol. The van der Waals surface area contributed by atoms with E-state index in [9.17, 15) is 0 Å². The van der Waals surface area contributed by atoms with Crippen LogP contribution >= 0.6 is 11.6 Å². The number of benzene rings is 1. The third kappa shape index (κ3) is 3.01. The Morgan fingerprint density at radius 1 is 1.41 bits per heavy atom. The minimum absolute atomic E-state index is 0.367. The summed E-state index contributed by atoms with van der Waals surface area (Å²) in [6.07, 6.45) is 2.56. The first-order chi connectivity index (χ1) is 8.22. The second-order valence-electron chi connectivity index (χ2n) is 4.95. The second-order valence-corrected chi connectivity index (χ2v) is 5.36. The molecule has 94 valence electrons. The number of rotatable bonds is 3. The van der Waals surface area contributed by atoms with Crippen LogP contribution in [0.1, 0.15) is 24.4 Å². The molecule has 17 heavy (non-hydrogen) atoms. The fraction of sp³-hybridized carbons (Fsp3) is 0.571. The van der Waals surface area contributed by atoms with Crippen molar-refractivity contribution in [2.45, 2.75) is 18.9 Å². The van der Waals surface area contributed by atoms with Gasteiger partial charge in [-0.2, -0.15) is 0 Å². The Bertz CT molecular complexity index is 367. The molecule has 1 aliphatic heterocycles. The van der Waals surface area contributed by atoms with Crippen LogP contribution < -0.4 is 5.32 Å². The highest BCUT2D eigenvalue weighted by Crippen LogP contribution is 2.32. The summed E-state index contributed by atoms with van der Waals surface area (Å²) in [7, 11) is 4.23. The summed E-state index contributed by atoms with van der Waals surface area (Å²) >= 11 is 6.30. The standard InChI is InChI=1S/C14H21ClN2/c1-16-14(11-6-5-9-17(2)10-11)12-7-3-4-8-13(12)15/h3-4,7-8,11,14,16H,5-6,9-10H2,1-2H3. The van der Waals surface area contributed by atoms with Crippen molar-refractivity contribution in [3.05, 3.63) is 34.9 Å². The molecule has 1 heterocycles. The Morgan fingerprint density at radius 3 is 2.82 bits per heavy atom. The number of hydrogen-bond acceptors (Lipinski definition) is 2. The largest absolute Gasteiger partial charge is 0.313 e. The van der Waals surface area contributed by atoms with E-state index in [2.05, 4.69) is 29.4 Å². The van der Waals surface area contributed by atoms with E-state index >= 15 is 0 Å². The van der Waals surface area contributed by atoms with Crippen LogP contribution in [0.15, 0.2) is 24.3 Å². The van der Waals surface area contributed by atoms with Crippen molar-refractivity contribution in [1.82, 2.24) is 10.2 Å². The van der Waals surface area contributed by atoms with E-state index in [0.717, 1.165) is 11.6 Å². The molecule has 1 aromatic rings. The van der Waals surface area contributed by atoms with Gasteiger partial charge in [-0.3, -0.25) is 0 Å². The lowest BCUT2D eigenvalue weighted by Crippen LogP contribution is -2.38. The normalized spacial score (nSPS) is 23.6. The number of halogens is 1. The summed E-state index contributed by atoms with van der Waals surface area (Å²) in [5, 5.41) is 4.31. The van der Waals surface area contributed by atoms with Crippen LogP contribution in [0.25, 0.3) is 0 Å². The van der Waals surface area contributed by atoms with E-state index < -0.39 is 0 Å². The van der Waals surface area contributed by atoms with Gasteiger partial charge in [0, 0.05) is 17.6 Å². The quantitative estimate of drug-likeness (QED) is 0.890. The lowest BCUT2D eigenvalue weighted by molar-refractivity contribution is 0.177. The fourth-order valence-electron chi connectivity index (χ4n) is 2.85. The average Bonchev–Trinajstić information content (AvgIpc) is 2.33. The lowest BCUT2D eigenvalue weighted by atomic mass is 9.86. The van der Waals surface area contributed by atoms with Crippen molar-refractivity contribution in [2.24, 2.45) is 5.92 Å². The maximum Gasteiger partial charge on any atom is 0.0453 e. The van der Waals surface area contributed by atoms with Gasteiger partial charge in [0.25, 0.3) is 0 Å². The predicted molar refractivity (Wildman–Crippen MR) is 73.5 cm³/mol. The van der Waals surface area contributed by atoms with Crippen LogP contribution in [-0.2, 0) is 0 Å². The molecule has 0 amide bonds. The first-order valence-corrected chi connectivity index (χ1v) is 6.70. The molecule has 0 aliphatic carbocycles. The van der Waals surface area contributed by atoms with E-state index in [1.807, 2.05) is 19.2 Å². The minimum Gasteiger partial charge on any atom is -0.313 e. The first-order valence-electron chi connectivity index (χ1n) is 6.32. The molecular formula is C14H21ClN2. The van der Waals surface area contributed by atoms with Gasteiger partial charge in [0.15, 0.2) is 0 Å². The van der Waals surface area contributed by atoms with Gasteiger partial charge in [-0.15, -0.1) is 0 Å². The van der Waals surface area contributed by atoms with Gasteiger partial charge in [0.05, 0.1) is 0 Å². The van der Waals surface area contributed by atoms with E-state index in [4.69, 9.17) is 11.6 Å². The highest BCUT2D eigenvalue weighted by Gasteiger charge is 2.26. The smallest absolute Gasteiger partial charge is 0.0453 e. The molecule has 0 bridgehead atoms. The fourth-order valence-corrected chi connectivity index (χ4v) is 3.10. The Balaban J connectivity index is 2.18. The zero-order valence-electron chi connectivity index (χ0n) is 10.6. The Labute approximate surface area is 109 Å². The van der Waals surface area contributed by atoms with Crippen molar-refractivity contribution in [3.8, 4) is 0 Å². The summed E-state index contributed by atoms with van der Waals surface area (Å²) in [6.45, 7) is 2.37. The number of hydrogen-bond donors (Lipinski definition) is 1. The summed E-state index contributed by atoms with van der Waals surface area (Å²) in [5.41, 5.74) is 1.23. The van der Waals surface area contributed by atoms with E-state index in [0.29, 0.717) is 12.0 Å². The van der Waals surface area contributed by atoms with Crippen molar-refractivity contribution < 1.29 is 0 Å². The van der Waals surface area contributed by atoms with Gasteiger partial charge in [0.1, 0.15) is 0 Å². The number of likely N-dealkylation sites (tertiary alicyclic amines) is 1. The summed E-state index contributed by atoms with van der Waals surface area (Å²) in [6, 6.07) is 8.54. The molecule has 2 rings (SSSR count). The van der Waals surface area contributed by atoms with Gasteiger partial charge < -0.3 is 10.2 Å². The van der Waals surface area contributed by atoms with Gasteiger partial charge in [0.2, 0.25) is 0 Å². The van der Waals surface area contributed by atoms with Crippen LogP contribution in [0.4, 0.5) is 0 Å². The summed E-state index contributed by atoms with van der Waals surface area (Å²) in [5.74, 6) is 0.652. The molecule has 0 spiro atoms. The van der Waals surface area contributed by atoms with Gasteiger partial charge in [-0.25, -0.2) is 0 Å². The third-order valence-corrected chi connectivity index (χ3v) is 4.03. The molecule has 0 radical (unpaired) electrons. The van der Waals surface area contributed by atoms with Crippen molar-refractivity contribution in [3.63, 3.8) is 0 Å². The molecule has 0 aromatic heterocycles. The number of piperidine rings is 1. The van der Waals surface area contributed by atoms with E-state index in [1.54, 1.807) is 0 Å². The highest BCUT2D eigenvalue weighted by molar-refractivity contribution is 6.31. The zero-order valence-corrected chi connectivity index (χ0v) is 11.4. The lowest BCUT2D eigenvalue weighted by Gasteiger charge is -2.35. The SMILES string of the molecule is CNC(c1ccccc1Cl)C1CCCN(C)C1. The van der Waals surface area contributed by atoms with E-state index in [1.165, 1.54) is 24.9 Å². The van der Waals surface area contributed by atoms with Crippen LogP contribution in [-0.4, -0.2) is 32.1 Å².